The zero-order chi connectivity index (χ0) is 18.6. The molecule has 0 aliphatic rings. The van der Waals surface area contributed by atoms with Crippen molar-refractivity contribution in [2.45, 2.75) is 38.8 Å². The zero-order valence-corrected chi connectivity index (χ0v) is 17.3. The first-order chi connectivity index (χ1) is 11.8. The molecule has 0 aliphatic carbocycles. The van der Waals surface area contributed by atoms with Gasteiger partial charge in [0.05, 0.1) is 22.9 Å². The highest BCUT2D eigenvalue weighted by atomic mass is 35.5. The van der Waals surface area contributed by atoms with E-state index in [0.29, 0.717) is 28.3 Å². The van der Waals surface area contributed by atoms with Gasteiger partial charge in [-0.1, -0.05) is 62.7 Å². The van der Waals surface area contributed by atoms with Gasteiger partial charge in [-0.3, -0.25) is 0 Å². The molecule has 0 saturated carbocycles. The maximum absolute atomic E-state index is 6.31. The van der Waals surface area contributed by atoms with Gasteiger partial charge in [0.25, 0.3) is 0 Å². The molecule has 0 spiro atoms. The van der Waals surface area contributed by atoms with Crippen LogP contribution in [-0.2, 0) is 0 Å². The predicted octanol–water partition coefficient (Wildman–Crippen LogP) is 5.35. The lowest BCUT2D eigenvalue weighted by Gasteiger charge is -2.12. The Balaban J connectivity index is 2.29. The van der Waals surface area contributed by atoms with Crippen LogP contribution >= 0.6 is 35.0 Å². The summed E-state index contributed by atoms with van der Waals surface area (Å²) in [6, 6.07) is 3.57. The van der Waals surface area contributed by atoms with E-state index in [0.717, 1.165) is 16.5 Å². The molecule has 0 fully saturated rings. The molecule has 1 aromatic carbocycles. The fourth-order valence-electron chi connectivity index (χ4n) is 2.04. The van der Waals surface area contributed by atoms with Crippen LogP contribution in [0, 0.1) is 5.92 Å². The van der Waals surface area contributed by atoms with Crippen molar-refractivity contribution in [3.8, 4) is 5.75 Å². The molecule has 5 nitrogen and oxygen atoms in total. The van der Waals surface area contributed by atoms with Gasteiger partial charge in [0.1, 0.15) is 0 Å². The molecular weight excluding hydrogens is 379 g/mol. The Morgan fingerprint density at radius 3 is 2.36 bits per heavy atom. The number of aromatic nitrogens is 3. The first kappa shape index (κ1) is 20.1. The highest BCUT2D eigenvalue weighted by Gasteiger charge is 2.14. The normalized spacial score (nSPS) is 11.9. The molecule has 25 heavy (non-hydrogen) atoms. The number of hydrogen-bond acceptors (Lipinski definition) is 5. The smallest absolute Gasteiger partial charge is 0.211 e. The maximum atomic E-state index is 6.31. The Kier molecular flexibility index (Phi) is 7.16. The van der Waals surface area contributed by atoms with Crippen LogP contribution in [-0.4, -0.2) is 34.0 Å². The third-order valence-corrected chi connectivity index (χ3v) is 4.42. The van der Waals surface area contributed by atoms with Crippen molar-refractivity contribution in [1.29, 1.82) is 0 Å². The molecule has 0 N–H and O–H groups in total. The van der Waals surface area contributed by atoms with Crippen LogP contribution in [0.4, 0.5) is 0 Å². The fraction of sp³-hybridized carbons (Fsp3) is 0.471. The van der Waals surface area contributed by atoms with Gasteiger partial charge in [0.15, 0.2) is 11.6 Å². The Morgan fingerprint density at radius 1 is 1.20 bits per heavy atom. The summed E-state index contributed by atoms with van der Waals surface area (Å²) in [5.41, 5.74) is 0.780. The molecule has 1 heterocycles. The molecule has 8 heteroatoms. The number of hydrogen-bond donors (Lipinski definition) is 0. The lowest BCUT2D eigenvalue weighted by molar-refractivity contribution is 0.271. The molecule has 0 atom stereocenters. The molecule has 0 amide bonds. The lowest BCUT2D eigenvalue weighted by Crippen LogP contribution is -2.05. The van der Waals surface area contributed by atoms with Crippen LogP contribution in [0.15, 0.2) is 22.4 Å². The molecule has 0 aliphatic heterocycles. The van der Waals surface area contributed by atoms with Crippen molar-refractivity contribution in [3.05, 3.63) is 33.6 Å². The lowest BCUT2D eigenvalue weighted by atomic mass is 10.2. The minimum absolute atomic E-state index is 0.213. The summed E-state index contributed by atoms with van der Waals surface area (Å²) >= 11 is 14.1. The molecule has 1 aromatic heterocycles. The van der Waals surface area contributed by atoms with Gasteiger partial charge in [0, 0.05) is 5.92 Å². The average Bonchev–Trinajstić information content (AvgIpc) is 2.94. The van der Waals surface area contributed by atoms with Gasteiger partial charge in [0.2, 0.25) is 5.16 Å². The van der Waals surface area contributed by atoms with Crippen molar-refractivity contribution >= 4 is 41.2 Å². The fourth-order valence-corrected chi connectivity index (χ4v) is 3.09. The second kappa shape index (κ2) is 8.92. The number of rotatable bonds is 7. The predicted molar refractivity (Wildman–Crippen MR) is 106 cm³/mol. The standard InChI is InChI=1S/C17H22Cl2N4OS/c1-10(2)9-24-15-13(18)6-12(7-14(15)19)8-20-23-16(11(3)4)21-22-17(23)25-5/h6-8,10-11H,9H2,1-5H3/b20-8-. The Bertz CT molecular complexity index is 736. The molecule has 136 valence electrons. The van der Waals surface area contributed by atoms with E-state index in [9.17, 15) is 0 Å². The average molecular weight is 401 g/mol. The van der Waals surface area contributed by atoms with Crippen LogP contribution in [0.2, 0.25) is 10.0 Å². The quantitative estimate of drug-likeness (QED) is 0.464. The van der Waals surface area contributed by atoms with E-state index in [4.69, 9.17) is 27.9 Å². The third kappa shape index (κ3) is 5.12. The number of thioether (sulfide) groups is 1. The summed E-state index contributed by atoms with van der Waals surface area (Å²) in [4.78, 5) is 0. The highest BCUT2D eigenvalue weighted by molar-refractivity contribution is 7.98. The van der Waals surface area contributed by atoms with Gasteiger partial charge in [-0.25, -0.2) is 0 Å². The molecular formula is C17H22Cl2N4OS. The van der Waals surface area contributed by atoms with Crippen LogP contribution in [0.1, 0.15) is 45.0 Å². The van der Waals surface area contributed by atoms with E-state index in [2.05, 4.69) is 43.0 Å². The van der Waals surface area contributed by atoms with Crippen LogP contribution < -0.4 is 4.74 Å². The molecule has 0 bridgehead atoms. The zero-order valence-electron chi connectivity index (χ0n) is 15.0. The van der Waals surface area contributed by atoms with Crippen LogP contribution in [0.25, 0.3) is 0 Å². The van der Waals surface area contributed by atoms with E-state index in [1.54, 1.807) is 23.0 Å². The first-order valence-corrected chi connectivity index (χ1v) is 9.97. The minimum atomic E-state index is 0.213. The van der Waals surface area contributed by atoms with Crippen molar-refractivity contribution in [1.82, 2.24) is 14.9 Å². The highest BCUT2D eigenvalue weighted by Crippen LogP contribution is 2.34. The molecule has 2 rings (SSSR count). The second-order valence-electron chi connectivity index (χ2n) is 6.27. The first-order valence-electron chi connectivity index (χ1n) is 7.99. The van der Waals surface area contributed by atoms with Crippen LogP contribution in [0.5, 0.6) is 5.75 Å². The van der Waals surface area contributed by atoms with E-state index in [1.165, 1.54) is 11.8 Å². The SMILES string of the molecule is CSc1nnc(C(C)C)n1/N=C\c1cc(Cl)c(OCC(C)C)c(Cl)c1. The van der Waals surface area contributed by atoms with Gasteiger partial charge >= 0.3 is 0 Å². The summed E-state index contributed by atoms with van der Waals surface area (Å²) in [7, 11) is 0. The molecule has 0 radical (unpaired) electrons. The number of benzene rings is 1. The summed E-state index contributed by atoms with van der Waals surface area (Å²) in [6.45, 7) is 8.79. The van der Waals surface area contributed by atoms with E-state index in [1.807, 2.05) is 6.26 Å². The summed E-state index contributed by atoms with van der Waals surface area (Å²) in [6.07, 6.45) is 3.63. The van der Waals surface area contributed by atoms with Gasteiger partial charge < -0.3 is 4.74 Å². The van der Waals surface area contributed by atoms with Crippen molar-refractivity contribution in [3.63, 3.8) is 0 Å². The van der Waals surface area contributed by atoms with Gasteiger partial charge in [-0.05, 0) is 29.9 Å². The summed E-state index contributed by atoms with van der Waals surface area (Å²) in [5, 5.41) is 14.5. The third-order valence-electron chi connectivity index (χ3n) is 3.24. The molecule has 2 aromatic rings. The van der Waals surface area contributed by atoms with Crippen molar-refractivity contribution in [2.75, 3.05) is 12.9 Å². The van der Waals surface area contributed by atoms with Gasteiger partial charge in [-0.15, -0.1) is 10.2 Å². The molecule has 0 unspecified atom stereocenters. The maximum Gasteiger partial charge on any atom is 0.211 e. The summed E-state index contributed by atoms with van der Waals surface area (Å²) in [5.74, 6) is 1.91. The monoisotopic (exact) mass is 400 g/mol. The Morgan fingerprint density at radius 2 is 1.84 bits per heavy atom. The largest absolute Gasteiger partial charge is 0.490 e. The second-order valence-corrected chi connectivity index (χ2v) is 7.86. The van der Waals surface area contributed by atoms with E-state index >= 15 is 0 Å². The molecule has 0 saturated heterocycles. The number of halogens is 2. The van der Waals surface area contributed by atoms with Crippen molar-refractivity contribution in [2.24, 2.45) is 11.0 Å². The summed E-state index contributed by atoms with van der Waals surface area (Å²) < 4.78 is 7.42. The Labute approximate surface area is 162 Å². The van der Waals surface area contributed by atoms with Crippen LogP contribution in [0.3, 0.4) is 0 Å². The van der Waals surface area contributed by atoms with E-state index < -0.39 is 0 Å². The van der Waals surface area contributed by atoms with E-state index in [-0.39, 0.29) is 5.92 Å². The topological polar surface area (TPSA) is 52.3 Å². The van der Waals surface area contributed by atoms with Crippen molar-refractivity contribution < 1.29 is 4.74 Å². The number of nitrogens with zero attached hydrogens (tertiary/aromatic N) is 4. The van der Waals surface area contributed by atoms with Gasteiger partial charge in [-0.2, -0.15) is 9.78 Å². The number of ether oxygens (including phenoxy) is 1. The minimum Gasteiger partial charge on any atom is -0.490 e. The Hall–Kier alpha value is -1.24.